The van der Waals surface area contributed by atoms with Crippen molar-refractivity contribution in [1.29, 1.82) is 0 Å². The summed E-state index contributed by atoms with van der Waals surface area (Å²) in [4.78, 5) is 0. The second-order valence-electron chi connectivity index (χ2n) is 8.19. The summed E-state index contributed by atoms with van der Waals surface area (Å²) in [6, 6.07) is 0. The van der Waals surface area contributed by atoms with Crippen LogP contribution < -0.4 is 5.32 Å². The Morgan fingerprint density at radius 3 is 2.17 bits per heavy atom. The predicted octanol–water partition coefficient (Wildman–Crippen LogP) is 3.08. The fourth-order valence-corrected chi connectivity index (χ4v) is 5.34. The second-order valence-corrected chi connectivity index (χ2v) is 8.19. The summed E-state index contributed by atoms with van der Waals surface area (Å²) in [5.74, 6) is 0.998. The van der Waals surface area contributed by atoms with Crippen molar-refractivity contribution >= 4 is 0 Å². The minimum Gasteiger partial charge on any atom is -0.424 e. The molecular formula is C16H20F3N3O. The number of halogens is 3. The summed E-state index contributed by atoms with van der Waals surface area (Å²) in [6.07, 6.45) is 1.34. The lowest BCUT2D eigenvalue weighted by Crippen LogP contribution is -2.68. The molecule has 1 aliphatic heterocycles. The molecule has 1 saturated heterocycles. The van der Waals surface area contributed by atoms with Crippen molar-refractivity contribution in [3.8, 4) is 0 Å². The van der Waals surface area contributed by atoms with Crippen molar-refractivity contribution < 1.29 is 17.6 Å². The van der Waals surface area contributed by atoms with E-state index in [9.17, 15) is 13.2 Å². The van der Waals surface area contributed by atoms with Gasteiger partial charge in [0, 0.05) is 0 Å². The Balaban J connectivity index is 1.33. The molecule has 6 rings (SSSR count). The number of nitrogens with zero attached hydrogens (tertiary/aromatic N) is 2. The minimum atomic E-state index is -4.29. The molecular weight excluding hydrogens is 307 g/mol. The first-order valence-electron chi connectivity index (χ1n) is 8.51. The molecule has 0 unspecified atom stereocenters. The van der Waals surface area contributed by atoms with Gasteiger partial charge in [-0.2, -0.15) is 13.2 Å². The monoisotopic (exact) mass is 327 g/mol. The van der Waals surface area contributed by atoms with E-state index in [1.54, 1.807) is 0 Å². The zero-order valence-corrected chi connectivity index (χ0v) is 12.9. The molecule has 1 N–H and O–H groups in total. The Hall–Kier alpha value is -1.11. The first-order valence-corrected chi connectivity index (χ1v) is 8.51. The second kappa shape index (κ2) is 4.10. The maximum atomic E-state index is 13.2. The van der Waals surface area contributed by atoms with E-state index >= 15 is 0 Å². The quantitative estimate of drug-likeness (QED) is 0.927. The van der Waals surface area contributed by atoms with E-state index in [1.165, 1.54) is 12.8 Å². The summed E-state index contributed by atoms with van der Waals surface area (Å²) in [6.45, 7) is 2.16. The largest absolute Gasteiger partial charge is 0.424 e. The molecule has 0 amide bonds. The van der Waals surface area contributed by atoms with Gasteiger partial charge < -0.3 is 9.73 Å². The van der Waals surface area contributed by atoms with Crippen LogP contribution in [0.1, 0.15) is 56.7 Å². The maximum absolute atomic E-state index is 13.2. The summed E-state index contributed by atoms with van der Waals surface area (Å²) < 4.78 is 45.1. The molecule has 126 valence electrons. The fraction of sp³-hybridized carbons (Fsp3) is 0.875. The van der Waals surface area contributed by atoms with Crippen molar-refractivity contribution in [3.05, 3.63) is 11.8 Å². The van der Waals surface area contributed by atoms with Gasteiger partial charge in [0.2, 0.25) is 11.8 Å². The number of piperidine rings is 1. The Morgan fingerprint density at radius 1 is 1.00 bits per heavy atom. The summed E-state index contributed by atoms with van der Waals surface area (Å²) in [5, 5.41) is 11.2. The van der Waals surface area contributed by atoms with Crippen LogP contribution in [-0.4, -0.2) is 29.5 Å². The number of alkyl halides is 3. The van der Waals surface area contributed by atoms with Crippen LogP contribution in [0.5, 0.6) is 0 Å². The third-order valence-corrected chi connectivity index (χ3v) is 6.86. The number of aromatic nitrogens is 2. The van der Waals surface area contributed by atoms with Crippen molar-refractivity contribution in [2.45, 2.75) is 62.0 Å². The first kappa shape index (κ1) is 14.3. The van der Waals surface area contributed by atoms with Gasteiger partial charge in [0.05, 0.1) is 5.41 Å². The van der Waals surface area contributed by atoms with Crippen LogP contribution in [0.15, 0.2) is 4.42 Å². The van der Waals surface area contributed by atoms with Gasteiger partial charge in [0.25, 0.3) is 0 Å². The van der Waals surface area contributed by atoms with E-state index in [4.69, 9.17) is 4.42 Å². The molecule has 5 aliphatic rings. The third kappa shape index (κ3) is 1.72. The average Bonchev–Trinajstić information content (AvgIpc) is 3.11. The van der Waals surface area contributed by atoms with Crippen LogP contribution in [0, 0.1) is 11.3 Å². The van der Waals surface area contributed by atoms with Gasteiger partial charge in [0.15, 0.2) is 0 Å². The zero-order valence-electron chi connectivity index (χ0n) is 12.9. The molecule has 0 atom stereocenters. The molecule has 2 heterocycles. The smallest absolute Gasteiger partial charge is 0.403 e. The van der Waals surface area contributed by atoms with Crippen LogP contribution in [0.25, 0.3) is 0 Å². The molecule has 0 aromatic carbocycles. The molecule has 0 spiro atoms. The van der Waals surface area contributed by atoms with Gasteiger partial charge in [-0.15, -0.1) is 10.2 Å². The topological polar surface area (TPSA) is 51.0 Å². The fourth-order valence-electron chi connectivity index (χ4n) is 5.34. The van der Waals surface area contributed by atoms with Crippen LogP contribution in [0.3, 0.4) is 0 Å². The minimum absolute atomic E-state index is 0.0736. The molecule has 4 nitrogen and oxygen atoms in total. The maximum Gasteiger partial charge on any atom is 0.403 e. The highest BCUT2D eigenvalue weighted by Crippen LogP contribution is 2.77. The number of rotatable bonds is 3. The number of hydrogen-bond donors (Lipinski definition) is 1. The van der Waals surface area contributed by atoms with Crippen molar-refractivity contribution in [2.24, 2.45) is 11.3 Å². The van der Waals surface area contributed by atoms with Crippen LogP contribution >= 0.6 is 0 Å². The molecule has 23 heavy (non-hydrogen) atoms. The number of nitrogens with one attached hydrogen (secondary N) is 1. The summed E-state index contributed by atoms with van der Waals surface area (Å²) >= 11 is 0. The zero-order chi connectivity index (χ0) is 15.9. The first-order chi connectivity index (χ1) is 10.9. The van der Waals surface area contributed by atoms with Crippen LogP contribution in [0.4, 0.5) is 13.2 Å². The Bertz CT molecular complexity index is 623. The normalized spacial score (nSPS) is 38.7. The van der Waals surface area contributed by atoms with Crippen LogP contribution in [-0.2, 0) is 10.8 Å². The van der Waals surface area contributed by atoms with Gasteiger partial charge in [-0.1, -0.05) is 0 Å². The molecule has 2 bridgehead atoms. The van der Waals surface area contributed by atoms with E-state index in [-0.39, 0.29) is 24.1 Å². The van der Waals surface area contributed by atoms with Crippen molar-refractivity contribution in [2.75, 3.05) is 13.1 Å². The highest BCUT2D eigenvalue weighted by molar-refractivity contribution is 5.31. The molecule has 0 radical (unpaired) electrons. The molecule has 4 saturated carbocycles. The number of hydrogen-bond acceptors (Lipinski definition) is 4. The Kier molecular flexibility index (Phi) is 2.54. The molecule has 7 heteroatoms. The van der Waals surface area contributed by atoms with E-state index < -0.39 is 11.6 Å². The van der Waals surface area contributed by atoms with E-state index in [0.29, 0.717) is 11.3 Å². The van der Waals surface area contributed by atoms with E-state index in [1.807, 2.05) is 0 Å². The van der Waals surface area contributed by atoms with Gasteiger partial charge in [-0.25, -0.2) is 0 Å². The Labute approximate surface area is 132 Å². The van der Waals surface area contributed by atoms with Gasteiger partial charge >= 0.3 is 6.18 Å². The SMILES string of the molecule is FC(F)(F)C1(c2nnc(C34CC(C5CCNCC5)(C3)C4)o2)CC1. The lowest BCUT2D eigenvalue weighted by molar-refractivity contribution is -0.198. The van der Waals surface area contributed by atoms with Gasteiger partial charge in [-0.05, 0) is 69.4 Å². The van der Waals surface area contributed by atoms with Crippen LogP contribution in [0.2, 0.25) is 0 Å². The predicted molar refractivity (Wildman–Crippen MR) is 74.8 cm³/mol. The average molecular weight is 327 g/mol. The molecule has 1 aromatic rings. The summed E-state index contributed by atoms with van der Waals surface area (Å²) in [7, 11) is 0. The lowest BCUT2D eigenvalue weighted by atomic mass is 9.31. The highest BCUT2D eigenvalue weighted by Gasteiger charge is 2.74. The Morgan fingerprint density at radius 2 is 1.61 bits per heavy atom. The molecule has 5 fully saturated rings. The van der Waals surface area contributed by atoms with Gasteiger partial charge in [-0.3, -0.25) is 0 Å². The molecule has 4 aliphatic carbocycles. The van der Waals surface area contributed by atoms with E-state index in [0.717, 1.165) is 38.3 Å². The van der Waals surface area contributed by atoms with Gasteiger partial charge in [0.1, 0.15) is 5.41 Å². The standard InChI is InChI=1S/C16H20F3N3O/c17-16(18,19)15(3-4-15)12-22-21-11(23-12)14-7-13(8-14,9-14)10-1-5-20-6-2-10/h10,20H,1-9H2. The van der Waals surface area contributed by atoms with E-state index in [2.05, 4.69) is 15.5 Å². The van der Waals surface area contributed by atoms with Crippen molar-refractivity contribution in [3.63, 3.8) is 0 Å². The molecule has 1 aromatic heterocycles. The van der Waals surface area contributed by atoms with Crippen molar-refractivity contribution in [1.82, 2.24) is 15.5 Å². The summed E-state index contributed by atoms with van der Waals surface area (Å²) in [5.41, 5.74) is -1.57. The lowest BCUT2D eigenvalue weighted by Gasteiger charge is -2.72. The third-order valence-electron chi connectivity index (χ3n) is 6.86. The highest BCUT2D eigenvalue weighted by atomic mass is 19.4.